The summed E-state index contributed by atoms with van der Waals surface area (Å²) in [6, 6.07) is 12.2. The first-order chi connectivity index (χ1) is 10.7. The maximum Gasteiger partial charge on any atom is 0.221 e. The van der Waals surface area contributed by atoms with Crippen LogP contribution >= 0.6 is 0 Å². The number of fused-ring (bicyclic) bond motifs is 1. The molecule has 0 fully saturated rings. The summed E-state index contributed by atoms with van der Waals surface area (Å²) >= 11 is 0. The number of aromatic nitrogens is 2. The number of rotatable bonds is 4. The van der Waals surface area contributed by atoms with Crippen LogP contribution in [0.5, 0.6) is 5.75 Å². The van der Waals surface area contributed by atoms with Gasteiger partial charge in [0.25, 0.3) is 0 Å². The number of nitrogen functional groups attached to an aromatic ring is 1. The van der Waals surface area contributed by atoms with Gasteiger partial charge in [0, 0.05) is 5.56 Å². The largest absolute Gasteiger partial charge is 0.493 e. The molecule has 0 bridgehead atoms. The van der Waals surface area contributed by atoms with E-state index >= 15 is 0 Å². The summed E-state index contributed by atoms with van der Waals surface area (Å²) in [5.74, 6) is 1.17. The third-order valence-electron chi connectivity index (χ3n) is 3.38. The first kappa shape index (κ1) is 14.1. The number of benzene rings is 2. The lowest BCUT2D eigenvalue weighted by molar-refractivity contribution is 0.340. The van der Waals surface area contributed by atoms with Gasteiger partial charge in [0.1, 0.15) is 5.75 Å². The topological polar surface area (TPSA) is 65.4 Å². The van der Waals surface area contributed by atoms with Crippen LogP contribution in [-0.4, -0.2) is 22.5 Å². The van der Waals surface area contributed by atoms with Crippen LogP contribution in [0.25, 0.3) is 10.8 Å². The van der Waals surface area contributed by atoms with E-state index in [0.29, 0.717) is 12.6 Å². The highest BCUT2D eigenvalue weighted by Gasteiger charge is 2.07. The molecule has 3 rings (SSSR count). The van der Waals surface area contributed by atoms with E-state index in [1.54, 1.807) is 17.1 Å². The molecule has 0 atom stereocenters. The van der Waals surface area contributed by atoms with Crippen LogP contribution in [0.3, 0.4) is 0 Å². The Morgan fingerprint density at radius 2 is 2.09 bits per heavy atom. The molecule has 0 spiro atoms. The fourth-order valence-electron chi connectivity index (χ4n) is 2.41. The molecule has 1 aromatic heterocycles. The van der Waals surface area contributed by atoms with Crippen molar-refractivity contribution in [2.45, 2.75) is 13.8 Å². The normalized spacial score (nSPS) is 11.4. The van der Waals surface area contributed by atoms with Crippen molar-refractivity contribution in [1.82, 2.24) is 9.66 Å². The van der Waals surface area contributed by atoms with Crippen molar-refractivity contribution in [3.8, 4) is 5.75 Å². The maximum absolute atomic E-state index is 5.82. The third kappa shape index (κ3) is 2.65. The summed E-state index contributed by atoms with van der Waals surface area (Å²) in [4.78, 5) is 4.14. The van der Waals surface area contributed by atoms with Crippen molar-refractivity contribution in [2.75, 3.05) is 12.3 Å². The number of aryl methyl sites for hydroxylation is 1. The molecule has 0 aliphatic rings. The van der Waals surface area contributed by atoms with Gasteiger partial charge in [-0.2, -0.15) is 5.10 Å². The van der Waals surface area contributed by atoms with Crippen LogP contribution in [0, 0.1) is 6.92 Å². The Kier molecular flexibility index (Phi) is 3.78. The van der Waals surface area contributed by atoms with Crippen LogP contribution in [0.15, 0.2) is 47.7 Å². The molecule has 0 aliphatic heterocycles. The molecule has 3 aromatic rings. The molecule has 2 N–H and O–H groups in total. The zero-order valence-corrected chi connectivity index (χ0v) is 12.7. The zero-order chi connectivity index (χ0) is 15.5. The lowest BCUT2D eigenvalue weighted by Crippen LogP contribution is -2.00. The lowest BCUT2D eigenvalue weighted by Gasteiger charge is -2.10. The zero-order valence-electron chi connectivity index (χ0n) is 12.7. The fourth-order valence-corrected chi connectivity index (χ4v) is 2.41. The second kappa shape index (κ2) is 5.89. The highest BCUT2D eigenvalue weighted by molar-refractivity contribution is 6.02. The van der Waals surface area contributed by atoms with Gasteiger partial charge in [-0.1, -0.05) is 30.3 Å². The molecule has 0 aliphatic carbocycles. The molecule has 1 heterocycles. The van der Waals surface area contributed by atoms with E-state index in [1.165, 1.54) is 0 Å². The van der Waals surface area contributed by atoms with Gasteiger partial charge in [-0.15, -0.1) is 0 Å². The Balaban J connectivity index is 2.11. The molecule has 22 heavy (non-hydrogen) atoms. The molecule has 0 amide bonds. The lowest BCUT2D eigenvalue weighted by atomic mass is 10.0. The Labute approximate surface area is 129 Å². The number of nitrogens with two attached hydrogens (primary N) is 1. The van der Waals surface area contributed by atoms with Crippen molar-refractivity contribution in [3.63, 3.8) is 0 Å². The average molecular weight is 294 g/mol. The molecule has 0 radical (unpaired) electrons. The highest BCUT2D eigenvalue weighted by atomic mass is 16.5. The summed E-state index contributed by atoms with van der Waals surface area (Å²) < 4.78 is 7.28. The van der Waals surface area contributed by atoms with Gasteiger partial charge >= 0.3 is 0 Å². The van der Waals surface area contributed by atoms with Crippen molar-refractivity contribution in [3.05, 3.63) is 53.9 Å². The minimum atomic E-state index is 0.368. The van der Waals surface area contributed by atoms with Crippen LogP contribution in [0.1, 0.15) is 18.2 Å². The predicted molar refractivity (Wildman–Crippen MR) is 89.5 cm³/mol. The Hall–Kier alpha value is -2.82. The molecule has 5 nitrogen and oxygen atoms in total. The fraction of sp³-hybridized carbons (Fsp3) is 0.176. The second-order valence-corrected chi connectivity index (χ2v) is 4.96. The van der Waals surface area contributed by atoms with E-state index in [-0.39, 0.29) is 0 Å². The van der Waals surface area contributed by atoms with Gasteiger partial charge in [0.05, 0.1) is 24.7 Å². The Morgan fingerprint density at radius 3 is 2.82 bits per heavy atom. The first-order valence-corrected chi connectivity index (χ1v) is 7.19. The number of hydrogen-bond donors (Lipinski definition) is 1. The Morgan fingerprint density at radius 1 is 1.27 bits per heavy atom. The van der Waals surface area contributed by atoms with E-state index in [1.807, 2.05) is 38.1 Å². The number of nitrogens with zero attached hydrogens (tertiary/aromatic N) is 3. The van der Waals surface area contributed by atoms with Gasteiger partial charge in [-0.05, 0) is 30.7 Å². The Bertz CT molecular complexity index is 836. The smallest absolute Gasteiger partial charge is 0.221 e. The second-order valence-electron chi connectivity index (χ2n) is 4.96. The minimum Gasteiger partial charge on any atom is -0.493 e. The monoisotopic (exact) mass is 294 g/mol. The summed E-state index contributed by atoms with van der Waals surface area (Å²) in [5, 5.41) is 6.65. The van der Waals surface area contributed by atoms with Gasteiger partial charge in [-0.3, -0.25) is 0 Å². The number of ether oxygens (including phenoxy) is 1. The van der Waals surface area contributed by atoms with Crippen LogP contribution in [-0.2, 0) is 0 Å². The molecule has 0 saturated carbocycles. The van der Waals surface area contributed by atoms with Gasteiger partial charge in [-0.25, -0.2) is 9.66 Å². The SMILES string of the molecule is CCOc1ccc2ccccc2c1C=Nn1cc(C)nc1N. The molecule has 0 saturated heterocycles. The van der Waals surface area contributed by atoms with Gasteiger partial charge in [0.15, 0.2) is 0 Å². The minimum absolute atomic E-state index is 0.368. The summed E-state index contributed by atoms with van der Waals surface area (Å²) in [6.07, 6.45) is 3.56. The van der Waals surface area contributed by atoms with Gasteiger partial charge in [0.2, 0.25) is 5.95 Å². The van der Waals surface area contributed by atoms with Crippen LogP contribution in [0.2, 0.25) is 0 Å². The standard InChI is InChI=1S/C17H18N4O/c1-3-22-16-9-8-13-6-4-5-7-14(13)15(16)10-19-21-11-12(2)20-17(21)18/h4-11H,3H2,1-2H3,(H2,18,20). The summed E-state index contributed by atoms with van der Waals surface area (Å²) in [6.45, 7) is 4.45. The summed E-state index contributed by atoms with van der Waals surface area (Å²) in [7, 11) is 0. The maximum atomic E-state index is 5.82. The summed E-state index contributed by atoms with van der Waals surface area (Å²) in [5.41, 5.74) is 7.59. The highest BCUT2D eigenvalue weighted by Crippen LogP contribution is 2.26. The van der Waals surface area contributed by atoms with E-state index < -0.39 is 0 Å². The molecule has 5 heteroatoms. The number of hydrogen-bond acceptors (Lipinski definition) is 4. The van der Waals surface area contributed by atoms with Crippen molar-refractivity contribution >= 4 is 22.9 Å². The average Bonchev–Trinajstić information content (AvgIpc) is 2.84. The van der Waals surface area contributed by atoms with Crippen LogP contribution in [0.4, 0.5) is 5.95 Å². The van der Waals surface area contributed by atoms with E-state index in [0.717, 1.165) is 27.8 Å². The molecular formula is C17H18N4O. The predicted octanol–water partition coefficient (Wildman–Crippen LogP) is 3.21. The van der Waals surface area contributed by atoms with E-state index in [9.17, 15) is 0 Å². The van der Waals surface area contributed by atoms with E-state index in [2.05, 4.69) is 22.2 Å². The quantitative estimate of drug-likeness (QED) is 0.751. The van der Waals surface area contributed by atoms with Crippen molar-refractivity contribution < 1.29 is 4.74 Å². The van der Waals surface area contributed by atoms with E-state index in [4.69, 9.17) is 10.5 Å². The van der Waals surface area contributed by atoms with Crippen molar-refractivity contribution in [1.29, 1.82) is 0 Å². The molecule has 112 valence electrons. The first-order valence-electron chi connectivity index (χ1n) is 7.19. The van der Waals surface area contributed by atoms with Crippen molar-refractivity contribution in [2.24, 2.45) is 5.10 Å². The van der Waals surface area contributed by atoms with Crippen LogP contribution < -0.4 is 10.5 Å². The number of imidazole rings is 1. The molecule has 2 aromatic carbocycles. The molecule has 0 unspecified atom stereocenters. The third-order valence-corrected chi connectivity index (χ3v) is 3.38. The number of anilines is 1. The molecular weight excluding hydrogens is 276 g/mol. The van der Waals surface area contributed by atoms with Gasteiger partial charge < -0.3 is 10.5 Å².